The molecule has 0 spiro atoms. The fraction of sp³-hybridized carbons (Fsp3) is 0.500. The average molecular weight is 295 g/mol. The molecule has 9 nitrogen and oxygen atoms in total. The van der Waals surface area contributed by atoms with Gasteiger partial charge in [-0.25, -0.2) is 14.9 Å². The Labute approximate surface area is 117 Å². The molecule has 0 radical (unpaired) electrons. The molecular formula is C10H13N7O2S. The van der Waals surface area contributed by atoms with Crippen molar-refractivity contribution in [3.8, 4) is 0 Å². The second kappa shape index (κ2) is 5.04. The minimum absolute atomic E-state index is 0.248. The second-order valence-electron chi connectivity index (χ2n) is 4.43. The molecule has 1 aliphatic rings. The molecule has 0 atom stereocenters. The number of aromatic amines is 2. The van der Waals surface area contributed by atoms with E-state index in [-0.39, 0.29) is 5.82 Å². The zero-order valence-corrected chi connectivity index (χ0v) is 11.6. The Kier molecular flexibility index (Phi) is 3.22. The molecule has 0 aromatic carbocycles. The van der Waals surface area contributed by atoms with E-state index in [1.807, 2.05) is 11.8 Å². The first kappa shape index (κ1) is 12.8. The quantitative estimate of drug-likeness (QED) is 0.726. The van der Waals surface area contributed by atoms with Gasteiger partial charge in [-0.2, -0.15) is 4.37 Å². The van der Waals surface area contributed by atoms with Crippen LogP contribution in [-0.2, 0) is 0 Å². The van der Waals surface area contributed by atoms with Crippen molar-refractivity contribution >= 4 is 22.5 Å². The molecule has 3 rings (SSSR count). The molecule has 10 heteroatoms. The van der Waals surface area contributed by atoms with Gasteiger partial charge in [0.1, 0.15) is 5.82 Å². The normalized spacial score (nSPS) is 15.7. The molecule has 2 aromatic rings. The topological polar surface area (TPSA) is 111 Å². The van der Waals surface area contributed by atoms with Gasteiger partial charge in [-0.15, -0.1) is 5.10 Å². The highest BCUT2D eigenvalue weighted by Gasteiger charge is 2.22. The smallest absolute Gasteiger partial charge is 0.342 e. The van der Waals surface area contributed by atoms with E-state index in [4.69, 9.17) is 0 Å². The van der Waals surface area contributed by atoms with Gasteiger partial charge >= 0.3 is 5.69 Å². The van der Waals surface area contributed by atoms with Crippen LogP contribution in [0.15, 0.2) is 9.59 Å². The summed E-state index contributed by atoms with van der Waals surface area (Å²) in [5, 5.41) is 6.95. The van der Waals surface area contributed by atoms with E-state index in [0.29, 0.717) is 13.1 Å². The third-order valence-electron chi connectivity index (χ3n) is 3.06. The molecule has 0 aliphatic carbocycles. The molecule has 2 N–H and O–H groups in total. The Hall–Kier alpha value is -2.23. The van der Waals surface area contributed by atoms with Crippen molar-refractivity contribution in [1.29, 1.82) is 0 Å². The maximum Gasteiger partial charge on any atom is 0.342 e. The van der Waals surface area contributed by atoms with Crippen LogP contribution in [0.25, 0.3) is 0 Å². The van der Waals surface area contributed by atoms with E-state index in [1.165, 1.54) is 11.5 Å². The van der Waals surface area contributed by atoms with Crippen LogP contribution < -0.4 is 21.0 Å². The summed E-state index contributed by atoms with van der Waals surface area (Å²) in [4.78, 5) is 33.1. The highest BCUT2D eigenvalue weighted by atomic mass is 32.1. The van der Waals surface area contributed by atoms with E-state index in [2.05, 4.69) is 29.4 Å². The fourth-order valence-corrected chi connectivity index (χ4v) is 2.81. The van der Waals surface area contributed by atoms with Crippen LogP contribution in [0.1, 0.15) is 5.82 Å². The van der Waals surface area contributed by atoms with Crippen LogP contribution in [0.5, 0.6) is 0 Å². The van der Waals surface area contributed by atoms with Crippen LogP contribution >= 0.6 is 11.5 Å². The third kappa shape index (κ3) is 2.41. The van der Waals surface area contributed by atoms with E-state index < -0.39 is 11.2 Å². The number of hydrogen-bond acceptors (Lipinski definition) is 8. The maximum atomic E-state index is 11.7. The number of nitrogens with zero attached hydrogens (tertiary/aromatic N) is 5. The summed E-state index contributed by atoms with van der Waals surface area (Å²) in [5.74, 6) is 1.02. The largest absolute Gasteiger partial charge is 0.347 e. The molecule has 0 bridgehead atoms. The van der Waals surface area contributed by atoms with Crippen molar-refractivity contribution in [2.75, 3.05) is 36.0 Å². The summed E-state index contributed by atoms with van der Waals surface area (Å²) >= 11 is 1.37. The standard InChI is InChI=1S/C10H13N7O2S/c1-6-11-10(20-15-6)17-4-2-16(3-5-17)7-8(18)12-9(19)14-13-7/h2-5H2,1H3,(H2,12,14,18,19). The maximum absolute atomic E-state index is 11.7. The minimum atomic E-state index is -0.596. The van der Waals surface area contributed by atoms with Crippen molar-refractivity contribution < 1.29 is 0 Å². The zero-order valence-electron chi connectivity index (χ0n) is 10.8. The first-order chi connectivity index (χ1) is 9.63. The van der Waals surface area contributed by atoms with Gasteiger partial charge in [-0.05, 0) is 6.92 Å². The van der Waals surface area contributed by atoms with Crippen LogP contribution in [0.4, 0.5) is 10.9 Å². The van der Waals surface area contributed by atoms with E-state index in [1.54, 1.807) is 0 Å². The lowest BCUT2D eigenvalue weighted by molar-refractivity contribution is 0.635. The van der Waals surface area contributed by atoms with E-state index >= 15 is 0 Å². The van der Waals surface area contributed by atoms with Crippen LogP contribution in [-0.4, -0.2) is 50.7 Å². The van der Waals surface area contributed by atoms with Crippen molar-refractivity contribution in [3.05, 3.63) is 26.7 Å². The lowest BCUT2D eigenvalue weighted by Crippen LogP contribution is -2.49. The number of anilines is 2. The number of H-pyrrole nitrogens is 2. The number of piperazine rings is 1. The number of hydrogen-bond donors (Lipinski definition) is 2. The zero-order chi connectivity index (χ0) is 14.1. The van der Waals surface area contributed by atoms with Crippen molar-refractivity contribution in [1.82, 2.24) is 24.5 Å². The third-order valence-corrected chi connectivity index (χ3v) is 3.93. The van der Waals surface area contributed by atoms with Crippen LogP contribution in [0, 0.1) is 6.92 Å². The van der Waals surface area contributed by atoms with E-state index in [0.717, 1.165) is 24.0 Å². The van der Waals surface area contributed by atoms with Gasteiger partial charge in [0.05, 0.1) is 0 Å². The molecular weight excluding hydrogens is 282 g/mol. The van der Waals surface area contributed by atoms with Gasteiger partial charge in [-0.1, -0.05) is 0 Å². The first-order valence-corrected chi connectivity index (χ1v) is 6.90. The number of rotatable bonds is 2. The Morgan fingerprint density at radius 1 is 1.15 bits per heavy atom. The fourth-order valence-electron chi connectivity index (χ4n) is 2.08. The van der Waals surface area contributed by atoms with Crippen LogP contribution in [0.3, 0.4) is 0 Å². The predicted molar refractivity (Wildman–Crippen MR) is 74.6 cm³/mol. The minimum Gasteiger partial charge on any atom is -0.347 e. The van der Waals surface area contributed by atoms with Crippen molar-refractivity contribution in [2.24, 2.45) is 0 Å². The second-order valence-corrected chi connectivity index (χ2v) is 5.16. The molecule has 0 unspecified atom stereocenters. The van der Waals surface area contributed by atoms with Crippen LogP contribution in [0.2, 0.25) is 0 Å². The number of nitrogens with one attached hydrogen (secondary N) is 2. The Morgan fingerprint density at radius 3 is 2.45 bits per heavy atom. The summed E-state index contributed by atoms with van der Waals surface area (Å²) in [6, 6.07) is 0. The Bertz CT molecular complexity index is 713. The average Bonchev–Trinajstić information content (AvgIpc) is 2.86. The summed E-state index contributed by atoms with van der Waals surface area (Å²) in [6.07, 6.45) is 0. The van der Waals surface area contributed by atoms with Gasteiger partial charge < -0.3 is 9.80 Å². The van der Waals surface area contributed by atoms with Gasteiger partial charge in [0.25, 0.3) is 5.56 Å². The first-order valence-electron chi connectivity index (χ1n) is 6.13. The Balaban J connectivity index is 1.72. The molecule has 1 saturated heterocycles. The van der Waals surface area contributed by atoms with Gasteiger partial charge in [0.2, 0.25) is 10.9 Å². The molecule has 20 heavy (non-hydrogen) atoms. The monoisotopic (exact) mass is 295 g/mol. The van der Waals surface area contributed by atoms with Crippen molar-refractivity contribution in [3.63, 3.8) is 0 Å². The van der Waals surface area contributed by atoms with Gasteiger partial charge in [0, 0.05) is 37.7 Å². The lowest BCUT2D eigenvalue weighted by atomic mass is 10.3. The summed E-state index contributed by atoms with van der Waals surface area (Å²) in [5.41, 5.74) is -1.06. The van der Waals surface area contributed by atoms with E-state index in [9.17, 15) is 9.59 Å². The summed E-state index contributed by atoms with van der Waals surface area (Å²) in [7, 11) is 0. The summed E-state index contributed by atoms with van der Waals surface area (Å²) < 4.78 is 4.16. The Morgan fingerprint density at radius 2 is 1.85 bits per heavy atom. The van der Waals surface area contributed by atoms with Crippen molar-refractivity contribution in [2.45, 2.75) is 6.92 Å². The summed E-state index contributed by atoms with van der Waals surface area (Å²) in [6.45, 7) is 4.60. The highest BCUT2D eigenvalue weighted by molar-refractivity contribution is 7.09. The number of aryl methyl sites for hydroxylation is 1. The molecule has 1 fully saturated rings. The molecule has 0 saturated carbocycles. The number of aromatic nitrogens is 5. The van der Waals surface area contributed by atoms with Gasteiger partial charge in [0.15, 0.2) is 0 Å². The molecule has 1 aliphatic heterocycles. The predicted octanol–water partition coefficient (Wildman–Crippen LogP) is -1.06. The molecule has 3 heterocycles. The highest BCUT2D eigenvalue weighted by Crippen LogP contribution is 2.19. The van der Waals surface area contributed by atoms with Gasteiger partial charge in [-0.3, -0.25) is 9.78 Å². The molecule has 0 amide bonds. The molecule has 2 aromatic heterocycles. The SMILES string of the molecule is Cc1nsc(N2CCN(c3n[nH]c(=O)[nH]c3=O)CC2)n1. The lowest BCUT2D eigenvalue weighted by Gasteiger charge is -2.34. The molecule has 106 valence electrons.